The predicted octanol–water partition coefficient (Wildman–Crippen LogP) is 5.28. The second kappa shape index (κ2) is 16.7. The van der Waals surface area contributed by atoms with E-state index in [1.165, 1.54) is 41.5 Å². The Kier molecular flexibility index (Phi) is 12.6. The molecule has 8 aliphatic carbocycles. The van der Waals surface area contributed by atoms with Gasteiger partial charge in [0.05, 0.1) is 6.61 Å². The van der Waals surface area contributed by atoms with Gasteiger partial charge in [-0.3, -0.25) is 38.4 Å². The fraction of sp³-hybridized carbons (Fsp3) is 0.731. The van der Waals surface area contributed by atoms with Crippen molar-refractivity contribution in [1.82, 2.24) is 0 Å². The third kappa shape index (κ3) is 7.09. The van der Waals surface area contributed by atoms with Crippen LogP contribution in [0.4, 0.5) is 0 Å². The number of allylic oxidation sites excluding steroid dienone is 3. The number of hydrogen-bond donors (Lipinski definition) is 2. The molecule has 0 aromatic heterocycles. The Morgan fingerprint density at radius 1 is 0.662 bits per heavy atom. The number of carbonyl (C=O) groups is 8. The van der Waals surface area contributed by atoms with Crippen LogP contribution < -0.4 is 0 Å². The van der Waals surface area contributed by atoms with Gasteiger partial charge in [-0.1, -0.05) is 60.6 Å². The summed E-state index contributed by atoms with van der Waals surface area (Å²) < 4.78 is 38.3. The van der Waals surface area contributed by atoms with Gasteiger partial charge in [0.2, 0.25) is 0 Å². The number of esters is 6. The van der Waals surface area contributed by atoms with Crippen LogP contribution in [-0.2, 0) is 66.8 Å². The molecular weight excluding hydrogens is 881 g/mol. The van der Waals surface area contributed by atoms with Crippen LogP contribution in [0, 0.1) is 68.5 Å². The number of aliphatic hydroxyl groups is 2. The molecule has 16 heteroatoms. The Morgan fingerprint density at radius 2 is 1.15 bits per heavy atom. The largest absolute Gasteiger partial charge is 0.462 e. The van der Waals surface area contributed by atoms with Crippen molar-refractivity contribution in [1.29, 1.82) is 0 Å². The number of Topliss-reactive ketones (excluding diaryl/α,β-unsaturated/α-hetero) is 2. The minimum Gasteiger partial charge on any atom is -0.462 e. The summed E-state index contributed by atoms with van der Waals surface area (Å²) in [7, 11) is 0. The summed E-state index contributed by atoms with van der Waals surface area (Å²) >= 11 is 0. The smallest absolute Gasteiger partial charge is 0.303 e. The molecule has 6 bridgehead atoms. The topological polar surface area (TPSA) is 232 Å². The van der Waals surface area contributed by atoms with E-state index >= 15 is 0 Å². The van der Waals surface area contributed by atoms with E-state index in [9.17, 15) is 48.6 Å². The van der Waals surface area contributed by atoms with Gasteiger partial charge < -0.3 is 38.6 Å². The number of carbonyl (C=O) groups excluding carboxylic acids is 8. The van der Waals surface area contributed by atoms with Gasteiger partial charge in [-0.25, -0.2) is 0 Å². The van der Waals surface area contributed by atoms with E-state index in [1.807, 2.05) is 46.8 Å². The van der Waals surface area contributed by atoms with Crippen molar-refractivity contribution in [3.63, 3.8) is 0 Å². The molecular formula is C52H70O16. The van der Waals surface area contributed by atoms with Crippen molar-refractivity contribution >= 4 is 47.4 Å². The van der Waals surface area contributed by atoms with Gasteiger partial charge in [-0.15, -0.1) is 0 Å². The zero-order valence-corrected chi connectivity index (χ0v) is 42.1. The first-order valence-corrected chi connectivity index (χ1v) is 23.9. The monoisotopic (exact) mass is 950 g/mol. The standard InChI is InChI=1S/C52H70O16/c1-22-34(60)18-32-40(63-25(4)54)39-24(3)36-31-16-17-51(21-53,33(36)19-49(39,14)44(66-28(7)57)41(64-26(5)55)37(22)47(32,10)11)43-46(68-30(9)59)52(62)20-35(61)23(2)38(48(52,12)13)42(65-27(6)56)45(50(31,43)15)67-29(8)58/h16-17,24,31-33,36,39-46,53,62H,18-21H2,1-15H3/t24-,31?,32-,33?,36?,39-,40+,41+,42+,43-,44-,45-,46-,49+,50+,51+,52+/m0/s1. The minimum absolute atomic E-state index is 0.0212. The van der Waals surface area contributed by atoms with Gasteiger partial charge in [0.15, 0.2) is 23.8 Å². The van der Waals surface area contributed by atoms with Crippen molar-refractivity contribution < 1.29 is 77.0 Å². The van der Waals surface area contributed by atoms with Crippen LogP contribution in [0.1, 0.15) is 123 Å². The second-order valence-electron chi connectivity index (χ2n) is 22.7. The molecule has 0 spiro atoms. The lowest BCUT2D eigenvalue weighted by Crippen LogP contribution is -2.79. The minimum atomic E-state index is -2.22. The van der Waals surface area contributed by atoms with Gasteiger partial charge in [-0.05, 0) is 71.6 Å². The fourth-order valence-electron chi connectivity index (χ4n) is 16.1. The number of fused-ring (bicyclic) bond motifs is 5. The van der Waals surface area contributed by atoms with Gasteiger partial charge >= 0.3 is 35.8 Å². The van der Waals surface area contributed by atoms with E-state index in [2.05, 4.69) is 0 Å². The second-order valence-corrected chi connectivity index (χ2v) is 22.7. The Hall–Kier alpha value is -4.70. The molecule has 2 N–H and O–H groups in total. The molecule has 0 heterocycles. The first-order chi connectivity index (χ1) is 31.3. The summed E-state index contributed by atoms with van der Waals surface area (Å²) in [5, 5.41) is 26.0. The third-order valence-electron chi connectivity index (χ3n) is 18.5. The fourth-order valence-corrected chi connectivity index (χ4v) is 16.1. The third-order valence-corrected chi connectivity index (χ3v) is 18.5. The summed E-state index contributed by atoms with van der Waals surface area (Å²) in [6.45, 7) is 22.8. The van der Waals surface area contributed by atoms with Gasteiger partial charge in [0.25, 0.3) is 0 Å². The first kappa shape index (κ1) is 51.2. The van der Waals surface area contributed by atoms with Gasteiger partial charge in [-0.2, -0.15) is 0 Å². The Morgan fingerprint density at radius 3 is 1.66 bits per heavy atom. The summed E-state index contributed by atoms with van der Waals surface area (Å²) in [5.41, 5.74) is -7.92. The lowest BCUT2D eigenvalue weighted by atomic mass is 9.31. The molecule has 0 aliphatic heterocycles. The first-order valence-electron chi connectivity index (χ1n) is 23.9. The average Bonchev–Trinajstić information content (AvgIpc) is 3.19. The van der Waals surface area contributed by atoms with Crippen molar-refractivity contribution in [3.8, 4) is 0 Å². The van der Waals surface area contributed by atoms with Gasteiger partial charge in [0.1, 0.15) is 30.0 Å². The van der Waals surface area contributed by atoms with E-state index in [1.54, 1.807) is 27.7 Å². The van der Waals surface area contributed by atoms with Crippen molar-refractivity contribution in [2.24, 2.45) is 68.5 Å². The van der Waals surface area contributed by atoms with Crippen LogP contribution in [0.25, 0.3) is 0 Å². The quantitative estimate of drug-likeness (QED) is 0.188. The molecule has 3 unspecified atom stereocenters. The highest BCUT2D eigenvalue weighted by Crippen LogP contribution is 2.76. The molecule has 0 radical (unpaired) electrons. The summed E-state index contributed by atoms with van der Waals surface area (Å²) in [6.07, 6.45) is -4.75. The van der Waals surface area contributed by atoms with Crippen molar-refractivity contribution in [2.75, 3.05) is 6.61 Å². The Bertz CT molecular complexity index is 2340. The predicted molar refractivity (Wildman–Crippen MR) is 240 cm³/mol. The number of aliphatic hydroxyl groups excluding tert-OH is 1. The number of ether oxygens (including phenoxy) is 6. The normalized spacial score (nSPS) is 42.9. The Balaban J connectivity index is 1.62. The van der Waals surface area contributed by atoms with Crippen LogP contribution in [0.3, 0.4) is 0 Å². The zero-order chi connectivity index (χ0) is 50.9. The maximum absolute atomic E-state index is 14.3. The van der Waals surface area contributed by atoms with E-state index in [0.717, 1.165) is 0 Å². The zero-order valence-electron chi connectivity index (χ0n) is 42.1. The molecule has 17 atom stereocenters. The molecule has 16 nitrogen and oxygen atoms in total. The van der Waals surface area contributed by atoms with E-state index < -0.39 is 165 Å². The van der Waals surface area contributed by atoms with Crippen LogP contribution in [0.2, 0.25) is 0 Å². The van der Waals surface area contributed by atoms with Crippen LogP contribution in [0.15, 0.2) is 34.4 Å². The maximum Gasteiger partial charge on any atom is 0.303 e. The molecule has 0 aromatic carbocycles. The molecule has 0 amide bonds. The summed E-state index contributed by atoms with van der Waals surface area (Å²) in [4.78, 5) is 110. The van der Waals surface area contributed by atoms with E-state index in [0.29, 0.717) is 11.1 Å². The van der Waals surface area contributed by atoms with Crippen molar-refractivity contribution in [3.05, 3.63) is 34.4 Å². The Labute approximate surface area is 398 Å². The van der Waals surface area contributed by atoms with Crippen molar-refractivity contribution in [2.45, 2.75) is 165 Å². The van der Waals surface area contributed by atoms with Gasteiger partial charge in [0, 0.05) is 93.8 Å². The molecule has 374 valence electrons. The summed E-state index contributed by atoms with van der Waals surface area (Å²) in [5.74, 6) is -10.3. The van der Waals surface area contributed by atoms with E-state index in [-0.39, 0.29) is 29.8 Å². The van der Waals surface area contributed by atoms with Crippen LogP contribution in [0.5, 0.6) is 0 Å². The highest BCUT2D eigenvalue weighted by Gasteiger charge is 2.80. The number of ketones is 2. The van der Waals surface area contributed by atoms with Crippen LogP contribution >= 0.6 is 0 Å². The number of hydrogen-bond acceptors (Lipinski definition) is 16. The molecule has 4 saturated carbocycles. The molecule has 68 heavy (non-hydrogen) atoms. The summed E-state index contributed by atoms with van der Waals surface area (Å²) in [6, 6.07) is 0. The molecule has 8 aliphatic rings. The van der Waals surface area contributed by atoms with E-state index in [4.69, 9.17) is 28.4 Å². The highest BCUT2D eigenvalue weighted by atomic mass is 16.6. The SMILES string of the molecule is CC(=O)O[C@H]1[C@@H]2[C@@H](C)C3C4C=C[C@@](CO)(C3C[C@@]2(C)[C@@H](OC(C)=O)[C@H](OC(C)=O)C2=C(C)C(=O)C[C@@H]1C2(C)C)[C@H]1[C@H](OC(C)=O)[C@]2(O)CC(=O)C(C)=C([C@@H](OC(C)=O)[C@H](OC(C)=O)[C@]41C)C2(C)C. The lowest BCUT2D eigenvalue weighted by Gasteiger charge is -2.74. The molecule has 0 saturated heterocycles. The number of rotatable bonds is 7. The average molecular weight is 951 g/mol. The maximum atomic E-state index is 14.3. The molecule has 0 aromatic rings. The highest BCUT2D eigenvalue weighted by molar-refractivity contribution is 5.99. The lowest BCUT2D eigenvalue weighted by molar-refractivity contribution is -0.308. The molecule has 4 fully saturated rings. The van der Waals surface area contributed by atoms with Crippen LogP contribution in [-0.4, -0.2) is 106 Å². The molecule has 8 rings (SSSR count).